The third kappa shape index (κ3) is 11.0. The molecule has 0 unspecified atom stereocenters. The maximum Gasteiger partial charge on any atom is 0.422 e. The molecule has 0 aliphatic carbocycles. The fourth-order valence-electron chi connectivity index (χ4n) is 4.44. The first kappa shape index (κ1) is 36.2. The molecule has 0 radical (unpaired) electrons. The van der Waals surface area contributed by atoms with Crippen molar-refractivity contribution in [3.8, 4) is 11.1 Å². The van der Waals surface area contributed by atoms with Gasteiger partial charge < -0.3 is 24.8 Å². The zero-order chi connectivity index (χ0) is 35.4. The predicted molar refractivity (Wildman–Crippen MR) is 181 cm³/mol. The number of ether oxygens (including phenoxy) is 3. The number of hydrogen-bond acceptors (Lipinski definition) is 9. The van der Waals surface area contributed by atoms with Crippen molar-refractivity contribution in [1.82, 2.24) is 19.3 Å². The Labute approximate surface area is 284 Å². The first-order valence-corrected chi connectivity index (χ1v) is 16.8. The SMILES string of the molecule is CC(C)(C)OC(=O)NCCCNC(=O)c1ccc(-c2ccn(S(=O)(=O)NC(=O)OCc3ccccc3)c2C(=O)OCc2ccccc2)cc1. The van der Waals surface area contributed by atoms with Crippen LogP contribution in [0.5, 0.6) is 0 Å². The van der Waals surface area contributed by atoms with Crippen molar-refractivity contribution in [1.29, 1.82) is 0 Å². The lowest BCUT2D eigenvalue weighted by Gasteiger charge is -2.19. The highest BCUT2D eigenvalue weighted by molar-refractivity contribution is 7.88. The quantitative estimate of drug-likeness (QED) is 0.0972. The van der Waals surface area contributed by atoms with Gasteiger partial charge in [0.05, 0.1) is 0 Å². The van der Waals surface area contributed by atoms with E-state index in [4.69, 9.17) is 14.2 Å². The lowest BCUT2D eigenvalue weighted by atomic mass is 10.0. The van der Waals surface area contributed by atoms with Gasteiger partial charge in [0.15, 0.2) is 5.69 Å². The zero-order valence-corrected chi connectivity index (χ0v) is 28.1. The summed E-state index contributed by atoms with van der Waals surface area (Å²) in [7, 11) is -4.67. The number of nitrogens with one attached hydrogen (secondary N) is 3. The fraction of sp³-hybridized carbons (Fsp3) is 0.257. The summed E-state index contributed by atoms with van der Waals surface area (Å²) in [4.78, 5) is 50.4. The molecule has 3 amide bonds. The van der Waals surface area contributed by atoms with Crippen LogP contribution in [0.4, 0.5) is 9.59 Å². The molecule has 0 saturated carbocycles. The van der Waals surface area contributed by atoms with E-state index in [1.54, 1.807) is 93.6 Å². The van der Waals surface area contributed by atoms with Crippen LogP contribution in [0.1, 0.15) is 59.2 Å². The predicted octanol–water partition coefficient (Wildman–Crippen LogP) is 5.18. The summed E-state index contributed by atoms with van der Waals surface area (Å²) in [6.45, 7) is 5.57. The van der Waals surface area contributed by atoms with E-state index in [1.807, 2.05) is 4.72 Å². The molecule has 0 bridgehead atoms. The van der Waals surface area contributed by atoms with Gasteiger partial charge in [-0.05, 0) is 62.1 Å². The van der Waals surface area contributed by atoms with Crippen LogP contribution in [-0.4, -0.2) is 55.1 Å². The third-order valence-corrected chi connectivity index (χ3v) is 7.95. The number of esters is 1. The summed E-state index contributed by atoms with van der Waals surface area (Å²) in [5.41, 5.74) is 1.25. The minimum Gasteiger partial charge on any atom is -0.456 e. The molecular formula is C35H38N4O9S. The maximum absolute atomic E-state index is 13.4. The molecule has 1 aromatic heterocycles. The Morgan fingerprint density at radius 3 is 1.88 bits per heavy atom. The second-order valence-electron chi connectivity index (χ2n) is 11.7. The van der Waals surface area contributed by atoms with Gasteiger partial charge >= 0.3 is 28.4 Å². The molecule has 4 rings (SSSR count). The molecule has 13 nitrogen and oxygen atoms in total. The molecule has 4 aromatic rings. The average Bonchev–Trinajstić information content (AvgIpc) is 3.53. The molecule has 0 saturated heterocycles. The first-order valence-electron chi connectivity index (χ1n) is 15.3. The highest BCUT2D eigenvalue weighted by Crippen LogP contribution is 2.28. The normalized spacial score (nSPS) is 11.2. The lowest BCUT2D eigenvalue weighted by Crippen LogP contribution is -2.36. The van der Waals surface area contributed by atoms with Gasteiger partial charge in [-0.1, -0.05) is 72.8 Å². The maximum atomic E-state index is 13.4. The summed E-state index contributed by atoms with van der Waals surface area (Å²) in [5.74, 6) is -1.33. The van der Waals surface area contributed by atoms with Crippen LogP contribution in [0.15, 0.2) is 97.2 Å². The molecule has 3 N–H and O–H groups in total. The molecule has 0 atom stereocenters. The lowest BCUT2D eigenvalue weighted by molar-refractivity contribution is 0.0463. The van der Waals surface area contributed by atoms with Crippen LogP contribution in [0, 0.1) is 0 Å². The van der Waals surface area contributed by atoms with Gasteiger partial charge in [-0.3, -0.25) is 4.79 Å². The number of amides is 3. The van der Waals surface area contributed by atoms with E-state index in [9.17, 15) is 27.6 Å². The number of carbonyl (C=O) groups excluding carboxylic acids is 4. The van der Waals surface area contributed by atoms with Gasteiger partial charge in [-0.2, -0.15) is 8.42 Å². The van der Waals surface area contributed by atoms with Crippen LogP contribution in [0.2, 0.25) is 0 Å². The number of nitrogens with zero attached hydrogens (tertiary/aromatic N) is 1. The molecule has 1 heterocycles. The van der Waals surface area contributed by atoms with Gasteiger partial charge in [0, 0.05) is 30.4 Å². The number of aromatic nitrogens is 1. The fourth-order valence-corrected chi connectivity index (χ4v) is 5.45. The van der Waals surface area contributed by atoms with Crippen molar-refractivity contribution in [3.05, 3.63) is 120 Å². The number of carbonyl (C=O) groups is 4. The Kier molecular flexibility index (Phi) is 12.2. The highest BCUT2D eigenvalue weighted by atomic mass is 32.2. The van der Waals surface area contributed by atoms with Gasteiger partial charge in [-0.15, -0.1) is 0 Å². The Morgan fingerprint density at radius 2 is 1.29 bits per heavy atom. The topological polar surface area (TPSA) is 171 Å². The molecule has 49 heavy (non-hydrogen) atoms. The van der Waals surface area contributed by atoms with Crippen molar-refractivity contribution >= 4 is 34.3 Å². The Balaban J connectivity index is 1.47. The standard InChI is InChI=1S/C35H38N4O9S/c1-35(2,3)48-33(42)37-21-10-20-36-31(40)28-17-15-27(16-18-28)29-19-22-39(30(29)32(41)46-23-25-11-6-4-7-12-25)49(44,45)38-34(43)47-24-26-13-8-5-9-14-26/h4-9,11-19,22H,10,20-21,23-24H2,1-3H3,(H,36,40)(H,37,42)(H,38,43). The second-order valence-corrected chi connectivity index (χ2v) is 13.3. The van der Waals surface area contributed by atoms with E-state index < -0.39 is 34.0 Å². The summed E-state index contributed by atoms with van der Waals surface area (Å²) in [6.07, 6.45) is -0.197. The van der Waals surface area contributed by atoms with E-state index in [1.165, 1.54) is 18.2 Å². The van der Waals surface area contributed by atoms with E-state index in [0.717, 1.165) is 6.20 Å². The van der Waals surface area contributed by atoms with Gasteiger partial charge in [0.2, 0.25) is 0 Å². The van der Waals surface area contributed by atoms with Crippen molar-refractivity contribution < 1.29 is 41.8 Å². The largest absolute Gasteiger partial charge is 0.456 e. The van der Waals surface area contributed by atoms with E-state index in [2.05, 4.69) is 10.6 Å². The molecule has 0 aliphatic heterocycles. The smallest absolute Gasteiger partial charge is 0.422 e. The number of benzene rings is 3. The van der Waals surface area contributed by atoms with Crippen LogP contribution >= 0.6 is 0 Å². The van der Waals surface area contributed by atoms with Crippen LogP contribution in [0.25, 0.3) is 11.1 Å². The van der Waals surface area contributed by atoms with Crippen molar-refractivity contribution in [2.45, 2.75) is 46.0 Å². The number of hydrogen-bond donors (Lipinski definition) is 3. The van der Waals surface area contributed by atoms with E-state index in [-0.39, 0.29) is 36.9 Å². The molecule has 3 aromatic carbocycles. The summed E-state index contributed by atoms with van der Waals surface area (Å²) in [6, 6.07) is 25.1. The minimum absolute atomic E-state index is 0.136. The molecular weight excluding hydrogens is 652 g/mol. The van der Waals surface area contributed by atoms with Gasteiger partial charge in [0.1, 0.15) is 18.8 Å². The Bertz CT molecular complexity index is 1850. The highest BCUT2D eigenvalue weighted by Gasteiger charge is 2.28. The number of rotatable bonds is 13. The van der Waals surface area contributed by atoms with Gasteiger partial charge in [0.25, 0.3) is 5.91 Å². The second kappa shape index (κ2) is 16.5. The molecule has 0 aliphatic rings. The third-order valence-electron chi connectivity index (χ3n) is 6.71. The first-order chi connectivity index (χ1) is 23.3. The van der Waals surface area contributed by atoms with Crippen molar-refractivity contribution in [2.24, 2.45) is 0 Å². The molecule has 14 heteroatoms. The molecule has 0 fully saturated rings. The van der Waals surface area contributed by atoms with Crippen molar-refractivity contribution in [3.63, 3.8) is 0 Å². The van der Waals surface area contributed by atoms with Crippen LogP contribution < -0.4 is 15.4 Å². The van der Waals surface area contributed by atoms with Crippen molar-refractivity contribution in [2.75, 3.05) is 13.1 Å². The number of alkyl carbamates (subject to hydrolysis) is 1. The Hall–Kier alpha value is -5.63. The summed E-state index contributed by atoms with van der Waals surface area (Å²) in [5, 5.41) is 5.39. The average molecular weight is 691 g/mol. The Morgan fingerprint density at radius 1 is 0.714 bits per heavy atom. The van der Waals surface area contributed by atoms with E-state index in [0.29, 0.717) is 39.2 Å². The monoisotopic (exact) mass is 690 g/mol. The molecule has 258 valence electrons. The van der Waals surface area contributed by atoms with E-state index >= 15 is 0 Å². The van der Waals surface area contributed by atoms with Gasteiger partial charge in [-0.25, -0.2) is 23.1 Å². The minimum atomic E-state index is -4.67. The van der Waals surface area contributed by atoms with Crippen LogP contribution in [-0.2, 0) is 37.6 Å². The summed E-state index contributed by atoms with van der Waals surface area (Å²) >= 11 is 0. The van der Waals surface area contributed by atoms with Crippen LogP contribution in [0.3, 0.4) is 0 Å². The summed E-state index contributed by atoms with van der Waals surface area (Å²) < 4.78 is 44.9. The molecule has 0 spiro atoms. The zero-order valence-electron chi connectivity index (χ0n) is 27.3.